The maximum absolute atomic E-state index is 12.4. The van der Waals surface area contributed by atoms with E-state index in [4.69, 9.17) is 0 Å². The van der Waals surface area contributed by atoms with Gasteiger partial charge in [0.2, 0.25) is 11.8 Å². The highest BCUT2D eigenvalue weighted by Crippen LogP contribution is 2.30. The lowest BCUT2D eigenvalue weighted by Gasteiger charge is -2.06. The molecule has 1 aromatic heterocycles. The Labute approximate surface area is 203 Å². The quantitative estimate of drug-likeness (QED) is 0.297. The molecule has 0 atom stereocenters. The van der Waals surface area contributed by atoms with Gasteiger partial charge >= 0.3 is 5.97 Å². The van der Waals surface area contributed by atoms with Gasteiger partial charge in [-0.2, -0.15) is 0 Å². The van der Waals surface area contributed by atoms with E-state index in [1.54, 1.807) is 30.3 Å². The molecular weight excluding hydrogens is 442 g/mol. The number of hydrogen-bond donors (Lipinski definition) is 2. The van der Waals surface area contributed by atoms with Crippen molar-refractivity contribution >= 4 is 51.4 Å². The van der Waals surface area contributed by atoms with Gasteiger partial charge in [0, 0.05) is 40.1 Å². The van der Waals surface area contributed by atoms with Crippen molar-refractivity contribution in [3.63, 3.8) is 0 Å². The van der Waals surface area contributed by atoms with Crippen molar-refractivity contribution in [1.82, 2.24) is 9.88 Å². The summed E-state index contributed by atoms with van der Waals surface area (Å²) in [7, 11) is 1.27. The number of fused-ring (bicyclic) bond motifs is 3. The van der Waals surface area contributed by atoms with Crippen molar-refractivity contribution in [2.45, 2.75) is 19.9 Å². The van der Waals surface area contributed by atoms with E-state index in [9.17, 15) is 14.4 Å². The van der Waals surface area contributed by atoms with Crippen LogP contribution in [0.4, 0.5) is 5.69 Å². The molecule has 3 aromatic carbocycles. The molecule has 35 heavy (non-hydrogen) atoms. The number of aromatic nitrogens is 1. The first kappa shape index (κ1) is 23.8. The third-order valence-electron chi connectivity index (χ3n) is 5.78. The summed E-state index contributed by atoms with van der Waals surface area (Å²) >= 11 is 0. The number of benzene rings is 3. The van der Waals surface area contributed by atoms with Crippen LogP contribution in [0.15, 0.2) is 72.8 Å². The molecule has 0 radical (unpaired) electrons. The number of carbonyl (C=O) groups is 3. The number of methoxy groups -OCH3 is 1. The summed E-state index contributed by atoms with van der Waals surface area (Å²) in [5, 5.41) is 7.68. The Morgan fingerprint density at radius 3 is 2.43 bits per heavy atom. The summed E-state index contributed by atoms with van der Waals surface area (Å²) in [5.74, 6) is -1.03. The summed E-state index contributed by atoms with van der Waals surface area (Å²) in [4.78, 5) is 35.4. The predicted molar refractivity (Wildman–Crippen MR) is 138 cm³/mol. The van der Waals surface area contributed by atoms with Crippen LogP contribution in [0, 0.1) is 0 Å². The van der Waals surface area contributed by atoms with Crippen LogP contribution >= 0.6 is 0 Å². The standard InChI is InChI=1S/C28H27N3O4/c1-3-31-24-7-5-4-6-22(24)23-16-19(10-14-25(23)31)11-15-26(32)30-21-12-8-20(9-13-21)17-27(33)29-18-28(34)35-2/h4-16H,3,17-18H2,1-2H3,(H,29,33)(H,30,32)/b15-11+. The minimum atomic E-state index is -0.503. The zero-order chi connectivity index (χ0) is 24.8. The molecule has 7 nitrogen and oxygen atoms in total. The average Bonchev–Trinajstić information content (AvgIpc) is 3.20. The van der Waals surface area contributed by atoms with Gasteiger partial charge in [-0.1, -0.05) is 36.4 Å². The molecule has 0 spiro atoms. The van der Waals surface area contributed by atoms with E-state index in [0.29, 0.717) is 5.69 Å². The zero-order valence-electron chi connectivity index (χ0n) is 19.7. The molecule has 7 heteroatoms. The highest BCUT2D eigenvalue weighted by atomic mass is 16.5. The van der Waals surface area contributed by atoms with Crippen LogP contribution in [0.2, 0.25) is 0 Å². The summed E-state index contributed by atoms with van der Waals surface area (Å²) in [6.45, 7) is 2.86. The lowest BCUT2D eigenvalue weighted by atomic mass is 10.1. The second-order valence-corrected chi connectivity index (χ2v) is 8.09. The number of esters is 1. The van der Waals surface area contributed by atoms with Gasteiger partial charge in [-0.15, -0.1) is 0 Å². The minimum Gasteiger partial charge on any atom is -0.468 e. The average molecular weight is 470 g/mol. The van der Waals surface area contributed by atoms with Gasteiger partial charge in [-0.05, 0) is 54.5 Å². The Bertz CT molecular complexity index is 1420. The van der Waals surface area contributed by atoms with Crippen molar-refractivity contribution in [3.8, 4) is 0 Å². The number of nitrogens with zero attached hydrogens (tertiary/aromatic N) is 1. The maximum Gasteiger partial charge on any atom is 0.325 e. The number of hydrogen-bond acceptors (Lipinski definition) is 4. The highest BCUT2D eigenvalue weighted by Gasteiger charge is 2.09. The van der Waals surface area contributed by atoms with E-state index in [1.807, 2.05) is 18.2 Å². The number of anilines is 1. The van der Waals surface area contributed by atoms with Gasteiger partial charge < -0.3 is 19.9 Å². The number of rotatable bonds is 8. The summed E-state index contributed by atoms with van der Waals surface area (Å²) in [6, 6.07) is 21.5. The fourth-order valence-corrected chi connectivity index (χ4v) is 4.07. The Hall–Kier alpha value is -4.39. The van der Waals surface area contributed by atoms with E-state index in [0.717, 1.165) is 23.1 Å². The third-order valence-corrected chi connectivity index (χ3v) is 5.78. The second-order valence-electron chi connectivity index (χ2n) is 8.09. The lowest BCUT2D eigenvalue weighted by Crippen LogP contribution is -2.31. The summed E-state index contributed by atoms with van der Waals surface area (Å²) in [6.07, 6.45) is 3.43. The number of ether oxygens (including phenoxy) is 1. The molecule has 0 aliphatic carbocycles. The molecular formula is C28H27N3O4. The summed E-state index contributed by atoms with van der Waals surface area (Å²) in [5.41, 5.74) is 4.71. The summed E-state index contributed by atoms with van der Waals surface area (Å²) < 4.78 is 6.78. The molecule has 0 bridgehead atoms. The first-order chi connectivity index (χ1) is 17.0. The molecule has 1 heterocycles. The molecule has 4 aromatic rings. The molecule has 0 fully saturated rings. The Morgan fingerprint density at radius 1 is 0.943 bits per heavy atom. The molecule has 0 aliphatic rings. The molecule has 0 aliphatic heterocycles. The first-order valence-electron chi connectivity index (χ1n) is 11.4. The largest absolute Gasteiger partial charge is 0.468 e. The highest BCUT2D eigenvalue weighted by molar-refractivity contribution is 6.09. The van der Waals surface area contributed by atoms with Crippen molar-refractivity contribution in [3.05, 3.63) is 83.9 Å². The minimum absolute atomic E-state index is 0.127. The number of aryl methyl sites for hydroxylation is 1. The Balaban J connectivity index is 1.39. The number of para-hydroxylation sites is 1. The number of nitrogens with one attached hydrogen (secondary N) is 2. The Morgan fingerprint density at radius 2 is 1.69 bits per heavy atom. The first-order valence-corrected chi connectivity index (χ1v) is 11.4. The molecule has 178 valence electrons. The normalized spacial score (nSPS) is 11.1. The van der Waals surface area contributed by atoms with Crippen molar-refractivity contribution < 1.29 is 19.1 Å². The van der Waals surface area contributed by atoms with Crippen molar-refractivity contribution in [2.75, 3.05) is 19.0 Å². The fourth-order valence-electron chi connectivity index (χ4n) is 4.07. The second kappa shape index (κ2) is 10.7. The molecule has 0 saturated carbocycles. The van der Waals surface area contributed by atoms with E-state index >= 15 is 0 Å². The maximum atomic E-state index is 12.4. The molecule has 4 rings (SSSR count). The van der Waals surface area contributed by atoms with Gasteiger partial charge in [0.1, 0.15) is 6.54 Å². The lowest BCUT2D eigenvalue weighted by molar-refractivity contribution is -0.141. The topological polar surface area (TPSA) is 89.4 Å². The zero-order valence-corrected chi connectivity index (χ0v) is 19.7. The SMILES string of the molecule is CCn1c2ccccc2c2cc(/C=C/C(=O)Nc3ccc(CC(=O)NCC(=O)OC)cc3)ccc21. The van der Waals surface area contributed by atoms with Gasteiger partial charge in [-0.25, -0.2) is 0 Å². The van der Waals surface area contributed by atoms with Gasteiger partial charge in [-0.3, -0.25) is 14.4 Å². The molecule has 2 N–H and O–H groups in total. The van der Waals surface area contributed by atoms with Crippen LogP contribution in [-0.2, 0) is 32.1 Å². The van der Waals surface area contributed by atoms with Crippen LogP contribution in [0.25, 0.3) is 27.9 Å². The molecule has 0 unspecified atom stereocenters. The van der Waals surface area contributed by atoms with Gasteiger partial charge in [0.25, 0.3) is 0 Å². The van der Waals surface area contributed by atoms with Crippen molar-refractivity contribution in [2.24, 2.45) is 0 Å². The third kappa shape index (κ3) is 5.58. The van der Waals surface area contributed by atoms with E-state index < -0.39 is 5.97 Å². The van der Waals surface area contributed by atoms with Gasteiger partial charge in [0.05, 0.1) is 13.5 Å². The predicted octanol–water partition coefficient (Wildman–Crippen LogP) is 4.30. The monoisotopic (exact) mass is 469 g/mol. The van der Waals surface area contributed by atoms with Crippen molar-refractivity contribution in [1.29, 1.82) is 0 Å². The van der Waals surface area contributed by atoms with Crippen LogP contribution in [-0.4, -0.2) is 36.0 Å². The number of carbonyl (C=O) groups excluding carboxylic acids is 3. The molecule has 0 saturated heterocycles. The number of amides is 2. The van der Waals surface area contributed by atoms with Crippen LogP contribution in [0.5, 0.6) is 0 Å². The van der Waals surface area contributed by atoms with Crippen LogP contribution < -0.4 is 10.6 Å². The van der Waals surface area contributed by atoms with Gasteiger partial charge in [0.15, 0.2) is 0 Å². The fraction of sp³-hybridized carbons (Fsp3) is 0.179. The van der Waals surface area contributed by atoms with Crippen LogP contribution in [0.3, 0.4) is 0 Å². The van der Waals surface area contributed by atoms with Crippen LogP contribution in [0.1, 0.15) is 18.1 Å². The van der Waals surface area contributed by atoms with E-state index in [-0.39, 0.29) is 24.8 Å². The molecule has 2 amide bonds. The van der Waals surface area contributed by atoms with E-state index in [2.05, 4.69) is 51.1 Å². The Kier molecular flexibility index (Phi) is 7.26. The van der Waals surface area contributed by atoms with E-state index in [1.165, 1.54) is 29.6 Å². The smallest absolute Gasteiger partial charge is 0.325 e.